The van der Waals surface area contributed by atoms with Gasteiger partial charge in [-0.25, -0.2) is 15.0 Å². The third kappa shape index (κ3) is 3.31. The zero-order chi connectivity index (χ0) is 26.9. The van der Waals surface area contributed by atoms with Gasteiger partial charge < -0.3 is 4.74 Å². The van der Waals surface area contributed by atoms with E-state index in [-0.39, 0.29) is 0 Å². The van der Waals surface area contributed by atoms with Crippen molar-refractivity contribution in [3.63, 3.8) is 0 Å². The van der Waals surface area contributed by atoms with Crippen molar-refractivity contribution in [1.82, 2.24) is 15.0 Å². The maximum absolute atomic E-state index is 6.73. The average Bonchev–Trinajstić information content (AvgIpc) is 3.04. The smallest absolute Gasteiger partial charge is 0.167 e. The van der Waals surface area contributed by atoms with Crippen LogP contribution in [0.15, 0.2) is 127 Å². The Morgan fingerprint density at radius 2 is 1.00 bits per heavy atom. The highest BCUT2D eigenvalue weighted by atomic mass is 16.5. The molecule has 190 valence electrons. The number of hydrogen-bond acceptors (Lipinski definition) is 4. The van der Waals surface area contributed by atoms with Crippen molar-refractivity contribution in [1.29, 1.82) is 0 Å². The number of hydrogen-bond donors (Lipinski definition) is 0. The third-order valence-corrected chi connectivity index (χ3v) is 8.07. The highest BCUT2D eigenvalue weighted by Crippen LogP contribution is 2.50. The molecule has 1 aliphatic rings. The van der Waals surface area contributed by atoms with Gasteiger partial charge in [-0.15, -0.1) is 0 Å². The lowest BCUT2D eigenvalue weighted by Gasteiger charge is -2.22. The molecular weight excluding hydrogens is 502 g/mol. The number of fused-ring (bicyclic) bond motifs is 1. The van der Waals surface area contributed by atoms with Gasteiger partial charge >= 0.3 is 0 Å². The SMILES string of the molecule is c1ccc(-c2nc(-c3ccc4ccc5ccc6cccc7c6c5c4c3O7)nc(-c3cccc4ccccc34)n2)cc1. The molecule has 0 N–H and O–H groups in total. The number of rotatable bonds is 3. The van der Waals surface area contributed by atoms with E-state index in [0.717, 1.165) is 55.1 Å². The molecule has 4 nitrogen and oxygen atoms in total. The second-order valence-electron chi connectivity index (χ2n) is 10.4. The van der Waals surface area contributed by atoms with Gasteiger partial charge in [0, 0.05) is 27.3 Å². The van der Waals surface area contributed by atoms with Gasteiger partial charge in [-0.1, -0.05) is 115 Å². The molecule has 2 heterocycles. The van der Waals surface area contributed by atoms with Crippen LogP contribution in [0.25, 0.3) is 77.3 Å². The summed E-state index contributed by atoms with van der Waals surface area (Å²) in [5.41, 5.74) is 2.75. The number of aromatic nitrogens is 3. The van der Waals surface area contributed by atoms with Gasteiger partial charge in [0.05, 0.1) is 5.56 Å². The van der Waals surface area contributed by atoms with Crippen LogP contribution in [0.1, 0.15) is 0 Å². The Morgan fingerprint density at radius 1 is 0.390 bits per heavy atom. The fourth-order valence-corrected chi connectivity index (χ4v) is 6.17. The summed E-state index contributed by atoms with van der Waals surface area (Å²) in [5, 5.41) is 9.19. The number of ether oxygens (including phenoxy) is 1. The van der Waals surface area contributed by atoms with Crippen LogP contribution in [0.2, 0.25) is 0 Å². The molecule has 0 aliphatic carbocycles. The summed E-state index contributed by atoms with van der Waals surface area (Å²) in [6.45, 7) is 0. The Bertz CT molecular complexity index is 2330. The van der Waals surface area contributed by atoms with E-state index in [1.165, 1.54) is 16.2 Å². The highest BCUT2D eigenvalue weighted by Gasteiger charge is 2.24. The molecule has 0 unspecified atom stereocenters. The molecule has 0 fully saturated rings. The summed E-state index contributed by atoms with van der Waals surface area (Å²) in [7, 11) is 0. The summed E-state index contributed by atoms with van der Waals surface area (Å²) < 4.78 is 6.73. The van der Waals surface area contributed by atoms with E-state index in [0.29, 0.717) is 17.5 Å². The highest BCUT2D eigenvalue weighted by molar-refractivity contribution is 6.26. The van der Waals surface area contributed by atoms with Crippen LogP contribution in [0.4, 0.5) is 0 Å². The monoisotopic (exact) mass is 523 g/mol. The van der Waals surface area contributed by atoms with E-state index >= 15 is 0 Å². The van der Waals surface area contributed by atoms with E-state index in [4.69, 9.17) is 19.7 Å². The van der Waals surface area contributed by atoms with Crippen LogP contribution in [0.5, 0.6) is 11.5 Å². The fourth-order valence-electron chi connectivity index (χ4n) is 6.17. The quantitative estimate of drug-likeness (QED) is 0.216. The van der Waals surface area contributed by atoms with Crippen molar-refractivity contribution in [2.45, 2.75) is 0 Å². The predicted molar refractivity (Wildman–Crippen MR) is 166 cm³/mol. The molecule has 0 atom stereocenters. The van der Waals surface area contributed by atoms with Crippen molar-refractivity contribution in [2.24, 2.45) is 0 Å². The van der Waals surface area contributed by atoms with Crippen LogP contribution >= 0.6 is 0 Å². The van der Waals surface area contributed by atoms with Gasteiger partial charge in [-0.3, -0.25) is 0 Å². The van der Waals surface area contributed by atoms with Crippen molar-refractivity contribution in [3.8, 4) is 45.7 Å². The Kier molecular flexibility index (Phi) is 4.58. The summed E-state index contributed by atoms with van der Waals surface area (Å²) in [6.07, 6.45) is 0. The lowest BCUT2D eigenvalue weighted by Crippen LogP contribution is -2.03. The Hall–Kier alpha value is -5.61. The molecule has 0 spiro atoms. The minimum Gasteiger partial charge on any atom is -0.455 e. The van der Waals surface area contributed by atoms with Gasteiger partial charge in [0.25, 0.3) is 0 Å². The van der Waals surface area contributed by atoms with Crippen molar-refractivity contribution < 1.29 is 4.74 Å². The minimum absolute atomic E-state index is 0.585. The Labute approximate surface area is 235 Å². The van der Waals surface area contributed by atoms with Gasteiger partial charge in [0.1, 0.15) is 11.5 Å². The topological polar surface area (TPSA) is 47.9 Å². The molecule has 0 saturated heterocycles. The molecule has 0 radical (unpaired) electrons. The first-order valence-corrected chi connectivity index (χ1v) is 13.7. The lowest BCUT2D eigenvalue weighted by molar-refractivity contribution is 0.494. The van der Waals surface area contributed by atoms with Crippen LogP contribution in [-0.2, 0) is 0 Å². The third-order valence-electron chi connectivity index (χ3n) is 8.07. The first-order chi connectivity index (χ1) is 20.3. The van der Waals surface area contributed by atoms with Gasteiger partial charge in [-0.05, 0) is 39.1 Å². The standard InChI is InChI=1S/C37H21N3O/c1-2-9-26(10-3-1)35-38-36(28-14-6-11-22-8-4-5-13-27(22)28)40-37(39-35)29-21-20-25-19-18-24-17-16-23-12-7-15-30-31(23)32(24)33(25)34(29)41-30/h1-21H. The van der Waals surface area contributed by atoms with E-state index in [1.807, 2.05) is 42.5 Å². The molecule has 0 saturated carbocycles. The zero-order valence-corrected chi connectivity index (χ0v) is 21.9. The largest absolute Gasteiger partial charge is 0.455 e. The molecule has 9 rings (SSSR count). The molecule has 8 aromatic rings. The number of benzene rings is 7. The summed E-state index contributed by atoms with van der Waals surface area (Å²) >= 11 is 0. The van der Waals surface area contributed by atoms with Gasteiger partial charge in [0.2, 0.25) is 0 Å². The average molecular weight is 524 g/mol. The molecule has 0 bridgehead atoms. The Balaban J connectivity index is 1.37. The van der Waals surface area contributed by atoms with E-state index in [1.54, 1.807) is 0 Å². The van der Waals surface area contributed by atoms with E-state index in [2.05, 4.69) is 84.9 Å². The maximum atomic E-state index is 6.73. The molecule has 41 heavy (non-hydrogen) atoms. The normalized spacial score (nSPS) is 12.1. The van der Waals surface area contributed by atoms with Crippen molar-refractivity contribution >= 4 is 43.1 Å². The summed E-state index contributed by atoms with van der Waals surface area (Å²) in [6, 6.07) is 43.9. The maximum Gasteiger partial charge on any atom is 0.167 e. The molecule has 4 heteroatoms. The molecule has 7 aromatic carbocycles. The van der Waals surface area contributed by atoms with Gasteiger partial charge in [0.15, 0.2) is 17.5 Å². The van der Waals surface area contributed by atoms with E-state index < -0.39 is 0 Å². The van der Waals surface area contributed by atoms with E-state index in [9.17, 15) is 0 Å². The molecule has 1 aromatic heterocycles. The Morgan fingerprint density at radius 3 is 1.85 bits per heavy atom. The van der Waals surface area contributed by atoms with Crippen LogP contribution in [0.3, 0.4) is 0 Å². The minimum atomic E-state index is 0.585. The summed E-state index contributed by atoms with van der Waals surface area (Å²) in [5.74, 6) is 3.49. The van der Waals surface area contributed by atoms with Crippen LogP contribution in [0, 0.1) is 0 Å². The van der Waals surface area contributed by atoms with Crippen molar-refractivity contribution in [3.05, 3.63) is 127 Å². The van der Waals surface area contributed by atoms with Crippen LogP contribution < -0.4 is 4.74 Å². The fraction of sp³-hybridized carbons (Fsp3) is 0. The first-order valence-electron chi connectivity index (χ1n) is 13.7. The molecule has 1 aliphatic heterocycles. The molecule has 0 amide bonds. The second-order valence-corrected chi connectivity index (χ2v) is 10.4. The zero-order valence-electron chi connectivity index (χ0n) is 21.9. The first kappa shape index (κ1) is 22.2. The number of nitrogens with zero attached hydrogens (tertiary/aromatic N) is 3. The lowest BCUT2D eigenvalue weighted by atomic mass is 9.92. The van der Waals surface area contributed by atoms with Crippen molar-refractivity contribution in [2.75, 3.05) is 0 Å². The summed E-state index contributed by atoms with van der Waals surface area (Å²) in [4.78, 5) is 15.2. The van der Waals surface area contributed by atoms with Gasteiger partial charge in [-0.2, -0.15) is 0 Å². The predicted octanol–water partition coefficient (Wildman–Crippen LogP) is 9.59. The van der Waals surface area contributed by atoms with Crippen LogP contribution in [-0.4, -0.2) is 15.0 Å². The second kappa shape index (κ2) is 8.44. The molecular formula is C37H21N3O.